The highest BCUT2D eigenvalue weighted by Crippen LogP contribution is 2.30. The number of piperidine rings is 1. The van der Waals surface area contributed by atoms with Crippen molar-refractivity contribution in [3.8, 4) is 0 Å². The lowest BCUT2D eigenvalue weighted by molar-refractivity contribution is -0.132. The van der Waals surface area contributed by atoms with Crippen molar-refractivity contribution in [1.29, 1.82) is 0 Å². The number of nitrogens with one attached hydrogen (secondary N) is 2. The number of benzene rings is 2. The number of anilines is 1. The van der Waals surface area contributed by atoms with Gasteiger partial charge in [-0.15, -0.1) is 0 Å². The number of amides is 3. The Hall–Kier alpha value is -2.67. The van der Waals surface area contributed by atoms with Gasteiger partial charge in [-0.25, -0.2) is 13.6 Å². The third kappa shape index (κ3) is 5.23. The summed E-state index contributed by atoms with van der Waals surface area (Å²) in [4.78, 5) is 26.9. The van der Waals surface area contributed by atoms with Crippen LogP contribution < -0.4 is 10.6 Å². The van der Waals surface area contributed by atoms with Crippen LogP contribution in [0.4, 0.5) is 19.3 Å². The summed E-state index contributed by atoms with van der Waals surface area (Å²) in [5.74, 6) is -1.05. The molecule has 154 valence electrons. The van der Waals surface area contributed by atoms with E-state index in [0.717, 1.165) is 5.56 Å². The zero-order chi connectivity index (χ0) is 21.0. The van der Waals surface area contributed by atoms with Crippen molar-refractivity contribution >= 4 is 29.2 Å². The van der Waals surface area contributed by atoms with E-state index < -0.39 is 11.2 Å². The molecule has 1 fully saturated rings. The zero-order valence-electron chi connectivity index (χ0n) is 16.0. The van der Waals surface area contributed by atoms with Crippen LogP contribution in [0.3, 0.4) is 0 Å². The molecule has 29 heavy (non-hydrogen) atoms. The Morgan fingerprint density at radius 3 is 2.59 bits per heavy atom. The SMILES string of the molecule is C[C@]1(C(=O)NCc2ccc(F)cc2)CCCN(C(=O)Nc2ccc(F)c(Cl)c2)C1. The van der Waals surface area contributed by atoms with E-state index in [1.165, 1.54) is 30.3 Å². The summed E-state index contributed by atoms with van der Waals surface area (Å²) < 4.78 is 26.3. The molecule has 0 saturated carbocycles. The van der Waals surface area contributed by atoms with Crippen LogP contribution in [0.2, 0.25) is 5.02 Å². The van der Waals surface area contributed by atoms with Crippen LogP contribution in [-0.2, 0) is 11.3 Å². The monoisotopic (exact) mass is 421 g/mol. The first-order valence-electron chi connectivity index (χ1n) is 9.30. The average molecular weight is 422 g/mol. The maximum Gasteiger partial charge on any atom is 0.321 e. The van der Waals surface area contributed by atoms with Gasteiger partial charge in [-0.1, -0.05) is 23.7 Å². The maximum absolute atomic E-state index is 13.3. The topological polar surface area (TPSA) is 61.4 Å². The molecular weight excluding hydrogens is 400 g/mol. The minimum Gasteiger partial charge on any atom is -0.351 e. The first kappa shape index (κ1) is 21.0. The summed E-state index contributed by atoms with van der Waals surface area (Å²) in [5, 5.41) is 5.48. The number of hydrogen-bond acceptors (Lipinski definition) is 2. The van der Waals surface area contributed by atoms with Gasteiger partial charge in [-0.05, 0) is 55.7 Å². The first-order valence-corrected chi connectivity index (χ1v) is 9.68. The lowest BCUT2D eigenvalue weighted by Crippen LogP contribution is -2.52. The van der Waals surface area contributed by atoms with Gasteiger partial charge in [0.05, 0.1) is 10.4 Å². The Labute approximate surface area is 173 Å². The molecule has 1 aliphatic heterocycles. The van der Waals surface area contributed by atoms with Gasteiger partial charge >= 0.3 is 6.03 Å². The van der Waals surface area contributed by atoms with Gasteiger partial charge < -0.3 is 15.5 Å². The second kappa shape index (κ2) is 8.78. The molecule has 2 N–H and O–H groups in total. The molecule has 1 saturated heterocycles. The van der Waals surface area contributed by atoms with Gasteiger partial charge in [0.1, 0.15) is 11.6 Å². The molecule has 1 atom stereocenters. The molecule has 0 aliphatic carbocycles. The molecule has 3 rings (SSSR count). The molecule has 2 aromatic rings. The van der Waals surface area contributed by atoms with Gasteiger partial charge in [0.15, 0.2) is 0 Å². The molecule has 0 radical (unpaired) electrons. The smallest absolute Gasteiger partial charge is 0.321 e. The van der Waals surface area contributed by atoms with Crippen molar-refractivity contribution in [3.05, 3.63) is 64.7 Å². The molecule has 0 unspecified atom stereocenters. The number of carbonyl (C=O) groups is 2. The molecule has 3 amide bonds. The standard InChI is InChI=1S/C21H22ClF2N3O2/c1-21(19(28)25-12-14-3-5-15(23)6-4-14)9-2-10-27(13-21)20(29)26-16-7-8-18(24)17(22)11-16/h3-8,11H,2,9-10,12-13H2,1H3,(H,25,28)(H,26,29)/t21-/m0/s1. The summed E-state index contributed by atoms with van der Waals surface area (Å²) in [6.45, 7) is 2.88. The van der Waals surface area contributed by atoms with Crippen molar-refractivity contribution < 1.29 is 18.4 Å². The van der Waals surface area contributed by atoms with E-state index in [0.29, 0.717) is 25.1 Å². The second-order valence-electron chi connectivity index (χ2n) is 7.45. The van der Waals surface area contributed by atoms with Crippen molar-refractivity contribution in [2.24, 2.45) is 5.41 Å². The maximum atomic E-state index is 13.3. The fourth-order valence-electron chi connectivity index (χ4n) is 3.37. The number of carbonyl (C=O) groups excluding carboxylic acids is 2. The van der Waals surface area contributed by atoms with E-state index in [4.69, 9.17) is 11.6 Å². The summed E-state index contributed by atoms with van der Waals surface area (Å²) in [6, 6.07) is 9.50. The van der Waals surface area contributed by atoms with E-state index in [1.54, 1.807) is 17.0 Å². The van der Waals surface area contributed by atoms with Crippen LogP contribution in [0.25, 0.3) is 0 Å². The summed E-state index contributed by atoms with van der Waals surface area (Å²) >= 11 is 5.75. The summed E-state index contributed by atoms with van der Waals surface area (Å²) in [7, 11) is 0. The van der Waals surface area contributed by atoms with Crippen LogP contribution in [0.1, 0.15) is 25.3 Å². The minimum atomic E-state index is -0.740. The van der Waals surface area contributed by atoms with Gasteiger partial charge in [-0.2, -0.15) is 0 Å². The van der Waals surface area contributed by atoms with E-state index in [-0.39, 0.29) is 35.9 Å². The summed E-state index contributed by atoms with van der Waals surface area (Å²) in [5.41, 5.74) is 0.437. The van der Waals surface area contributed by atoms with Crippen molar-refractivity contribution in [2.75, 3.05) is 18.4 Å². The van der Waals surface area contributed by atoms with Gasteiger partial charge in [0, 0.05) is 25.3 Å². The molecule has 0 aromatic heterocycles. The quantitative estimate of drug-likeness (QED) is 0.759. The van der Waals surface area contributed by atoms with Gasteiger partial charge in [-0.3, -0.25) is 4.79 Å². The van der Waals surface area contributed by atoms with E-state index in [2.05, 4.69) is 10.6 Å². The number of rotatable bonds is 4. The van der Waals surface area contributed by atoms with Crippen molar-refractivity contribution in [2.45, 2.75) is 26.3 Å². The third-order valence-electron chi connectivity index (χ3n) is 5.07. The Morgan fingerprint density at radius 1 is 1.17 bits per heavy atom. The molecule has 0 bridgehead atoms. The van der Waals surface area contributed by atoms with E-state index in [9.17, 15) is 18.4 Å². The Kier molecular flexibility index (Phi) is 6.37. The highest BCUT2D eigenvalue weighted by molar-refractivity contribution is 6.31. The normalized spacial score (nSPS) is 19.0. The van der Waals surface area contributed by atoms with E-state index in [1.807, 2.05) is 6.92 Å². The fraction of sp³-hybridized carbons (Fsp3) is 0.333. The lowest BCUT2D eigenvalue weighted by Gasteiger charge is -2.39. The predicted molar refractivity (Wildman–Crippen MR) is 108 cm³/mol. The van der Waals surface area contributed by atoms with Gasteiger partial charge in [0.2, 0.25) is 5.91 Å². The van der Waals surface area contributed by atoms with E-state index >= 15 is 0 Å². The largest absolute Gasteiger partial charge is 0.351 e. The number of likely N-dealkylation sites (tertiary alicyclic amines) is 1. The Bertz CT molecular complexity index is 907. The molecule has 1 heterocycles. The molecule has 5 nitrogen and oxygen atoms in total. The van der Waals surface area contributed by atoms with Crippen LogP contribution >= 0.6 is 11.6 Å². The van der Waals surface area contributed by atoms with Crippen molar-refractivity contribution in [1.82, 2.24) is 10.2 Å². The minimum absolute atomic E-state index is 0.0774. The highest BCUT2D eigenvalue weighted by atomic mass is 35.5. The Morgan fingerprint density at radius 2 is 1.90 bits per heavy atom. The van der Waals surface area contributed by atoms with Crippen LogP contribution in [0.5, 0.6) is 0 Å². The predicted octanol–water partition coefficient (Wildman–Crippen LogP) is 4.57. The zero-order valence-corrected chi connectivity index (χ0v) is 16.7. The average Bonchev–Trinajstić information content (AvgIpc) is 2.70. The molecule has 1 aliphatic rings. The third-order valence-corrected chi connectivity index (χ3v) is 5.36. The number of halogens is 3. The summed E-state index contributed by atoms with van der Waals surface area (Å²) in [6.07, 6.45) is 1.33. The molecular formula is C21H22ClF2N3O2. The number of nitrogens with zero attached hydrogens (tertiary/aromatic N) is 1. The first-order chi connectivity index (χ1) is 13.8. The van der Waals surface area contributed by atoms with Crippen LogP contribution in [-0.4, -0.2) is 29.9 Å². The molecule has 0 spiro atoms. The highest BCUT2D eigenvalue weighted by Gasteiger charge is 2.39. The number of urea groups is 1. The lowest BCUT2D eigenvalue weighted by atomic mass is 9.81. The number of hydrogen-bond donors (Lipinski definition) is 2. The van der Waals surface area contributed by atoms with Crippen LogP contribution in [0.15, 0.2) is 42.5 Å². The fourth-order valence-corrected chi connectivity index (χ4v) is 3.55. The molecule has 8 heteroatoms. The molecule has 2 aromatic carbocycles. The Balaban J connectivity index is 1.60. The van der Waals surface area contributed by atoms with Crippen LogP contribution in [0, 0.1) is 17.0 Å². The van der Waals surface area contributed by atoms with Crippen molar-refractivity contribution in [3.63, 3.8) is 0 Å². The second-order valence-corrected chi connectivity index (χ2v) is 7.86. The van der Waals surface area contributed by atoms with Gasteiger partial charge in [0.25, 0.3) is 0 Å².